The molecule has 0 aliphatic rings. The first-order valence-corrected chi connectivity index (χ1v) is 9.62. The second-order valence-corrected chi connectivity index (χ2v) is 8.77. The van der Waals surface area contributed by atoms with Gasteiger partial charge in [-0.15, -0.1) is 22.7 Å². The van der Waals surface area contributed by atoms with Gasteiger partial charge in [0.2, 0.25) is 0 Å². The Morgan fingerprint density at radius 1 is 1.19 bits per heavy atom. The van der Waals surface area contributed by atoms with E-state index in [9.17, 15) is 0 Å². The molecule has 108 valence electrons. The Kier molecular flexibility index (Phi) is 4.91. The zero-order chi connectivity index (χ0) is 14.8. The molecule has 3 aromatic rings. The molecule has 21 heavy (non-hydrogen) atoms. The molecule has 0 aliphatic heterocycles. The minimum Gasteiger partial charge on any atom is -0.323 e. The second-order valence-electron chi connectivity index (χ2n) is 4.57. The lowest BCUT2D eigenvalue weighted by Gasteiger charge is -2.06. The van der Waals surface area contributed by atoms with Crippen molar-refractivity contribution in [3.63, 3.8) is 0 Å². The van der Waals surface area contributed by atoms with Gasteiger partial charge in [0.15, 0.2) is 0 Å². The molecule has 0 aliphatic carbocycles. The summed E-state index contributed by atoms with van der Waals surface area (Å²) in [5, 5.41) is 3.17. The highest BCUT2D eigenvalue weighted by atomic mass is 79.9. The van der Waals surface area contributed by atoms with Crippen LogP contribution in [0.4, 0.5) is 0 Å². The SMILES string of the molecule is NC(Cc1nc(-c2ccccc2)cs1)c1cc(Br)c(Br)s1. The van der Waals surface area contributed by atoms with Gasteiger partial charge < -0.3 is 5.73 Å². The van der Waals surface area contributed by atoms with Gasteiger partial charge in [0, 0.05) is 32.8 Å². The summed E-state index contributed by atoms with van der Waals surface area (Å²) >= 11 is 10.3. The van der Waals surface area contributed by atoms with Gasteiger partial charge in [-0.1, -0.05) is 30.3 Å². The van der Waals surface area contributed by atoms with Crippen molar-refractivity contribution in [1.82, 2.24) is 4.98 Å². The predicted octanol–water partition coefficient (Wildman–Crippen LogP) is 5.64. The number of hydrogen-bond donors (Lipinski definition) is 1. The van der Waals surface area contributed by atoms with Gasteiger partial charge in [0.25, 0.3) is 0 Å². The molecule has 0 bridgehead atoms. The van der Waals surface area contributed by atoms with E-state index >= 15 is 0 Å². The molecule has 2 heterocycles. The van der Waals surface area contributed by atoms with Crippen molar-refractivity contribution < 1.29 is 0 Å². The van der Waals surface area contributed by atoms with Crippen LogP contribution in [-0.2, 0) is 6.42 Å². The largest absolute Gasteiger partial charge is 0.323 e. The van der Waals surface area contributed by atoms with Crippen LogP contribution in [0, 0.1) is 0 Å². The molecule has 0 saturated carbocycles. The number of hydrogen-bond acceptors (Lipinski definition) is 4. The number of halogens is 2. The van der Waals surface area contributed by atoms with E-state index in [-0.39, 0.29) is 6.04 Å². The summed E-state index contributed by atoms with van der Waals surface area (Å²) in [5.41, 5.74) is 8.47. The monoisotopic (exact) mass is 442 g/mol. The summed E-state index contributed by atoms with van der Waals surface area (Å²) in [6.07, 6.45) is 0.761. The molecule has 0 radical (unpaired) electrons. The number of nitrogens with zero attached hydrogens (tertiary/aromatic N) is 1. The molecule has 1 aromatic carbocycles. The third kappa shape index (κ3) is 3.63. The van der Waals surface area contributed by atoms with Crippen LogP contribution >= 0.6 is 54.5 Å². The molecule has 1 atom stereocenters. The van der Waals surface area contributed by atoms with Gasteiger partial charge in [0.05, 0.1) is 14.5 Å². The van der Waals surface area contributed by atoms with Crippen molar-refractivity contribution >= 4 is 54.5 Å². The van der Waals surface area contributed by atoms with E-state index in [1.54, 1.807) is 22.7 Å². The first-order valence-electron chi connectivity index (χ1n) is 6.33. The maximum absolute atomic E-state index is 6.29. The van der Waals surface area contributed by atoms with E-state index in [0.717, 1.165) is 35.8 Å². The fourth-order valence-corrected chi connectivity index (χ4v) is 4.94. The Labute approximate surface area is 148 Å². The minimum absolute atomic E-state index is 0.0210. The summed E-state index contributed by atoms with van der Waals surface area (Å²) in [5.74, 6) is 0. The molecule has 2 N–H and O–H groups in total. The third-order valence-electron chi connectivity index (χ3n) is 3.05. The number of thiophene rings is 1. The number of aromatic nitrogens is 1. The van der Waals surface area contributed by atoms with E-state index in [2.05, 4.69) is 55.4 Å². The van der Waals surface area contributed by atoms with Crippen molar-refractivity contribution in [2.45, 2.75) is 12.5 Å². The number of rotatable bonds is 4. The van der Waals surface area contributed by atoms with Crippen LogP contribution in [0.2, 0.25) is 0 Å². The molecule has 0 amide bonds. The Morgan fingerprint density at radius 2 is 1.95 bits per heavy atom. The van der Waals surface area contributed by atoms with Crippen LogP contribution in [0.25, 0.3) is 11.3 Å². The van der Waals surface area contributed by atoms with Gasteiger partial charge in [-0.2, -0.15) is 0 Å². The Hall–Kier alpha value is -0.530. The van der Waals surface area contributed by atoms with E-state index in [0.29, 0.717) is 0 Å². The van der Waals surface area contributed by atoms with Crippen LogP contribution in [0.15, 0.2) is 50.0 Å². The first kappa shape index (κ1) is 15.4. The highest BCUT2D eigenvalue weighted by molar-refractivity contribution is 9.13. The maximum Gasteiger partial charge on any atom is 0.0951 e. The van der Waals surface area contributed by atoms with Crippen molar-refractivity contribution in [2.24, 2.45) is 5.73 Å². The molecule has 2 aromatic heterocycles. The number of benzene rings is 1. The van der Waals surface area contributed by atoms with E-state index in [4.69, 9.17) is 10.7 Å². The van der Waals surface area contributed by atoms with Crippen molar-refractivity contribution in [3.05, 3.63) is 59.9 Å². The van der Waals surface area contributed by atoms with Gasteiger partial charge in [-0.3, -0.25) is 0 Å². The number of thiazole rings is 1. The minimum atomic E-state index is -0.0210. The van der Waals surface area contributed by atoms with E-state index in [1.807, 2.05) is 18.2 Å². The fourth-order valence-electron chi connectivity index (χ4n) is 1.98. The number of nitrogens with two attached hydrogens (primary N) is 1. The molecular weight excluding hydrogens is 432 g/mol. The summed E-state index contributed by atoms with van der Waals surface area (Å²) in [7, 11) is 0. The van der Waals surface area contributed by atoms with Gasteiger partial charge in [0.1, 0.15) is 0 Å². The first-order chi connectivity index (χ1) is 10.1. The quantitative estimate of drug-likeness (QED) is 0.566. The Morgan fingerprint density at radius 3 is 2.62 bits per heavy atom. The molecule has 1 unspecified atom stereocenters. The highest BCUT2D eigenvalue weighted by Gasteiger charge is 2.14. The van der Waals surface area contributed by atoms with Gasteiger partial charge in [-0.25, -0.2) is 4.98 Å². The van der Waals surface area contributed by atoms with E-state index < -0.39 is 0 Å². The highest BCUT2D eigenvalue weighted by Crippen LogP contribution is 2.36. The van der Waals surface area contributed by atoms with Crippen LogP contribution in [0.1, 0.15) is 15.9 Å². The molecule has 0 saturated heterocycles. The summed E-state index contributed by atoms with van der Waals surface area (Å²) in [6.45, 7) is 0. The maximum atomic E-state index is 6.29. The Balaban J connectivity index is 1.75. The normalized spacial score (nSPS) is 12.5. The van der Waals surface area contributed by atoms with Gasteiger partial charge in [-0.05, 0) is 37.9 Å². The molecule has 0 spiro atoms. The molecule has 0 fully saturated rings. The molecule has 3 rings (SSSR count). The van der Waals surface area contributed by atoms with Crippen molar-refractivity contribution in [1.29, 1.82) is 0 Å². The van der Waals surface area contributed by atoms with E-state index in [1.165, 1.54) is 0 Å². The fraction of sp³-hybridized carbons (Fsp3) is 0.133. The topological polar surface area (TPSA) is 38.9 Å². The lowest BCUT2D eigenvalue weighted by atomic mass is 10.2. The van der Waals surface area contributed by atoms with Crippen LogP contribution in [-0.4, -0.2) is 4.98 Å². The Bertz CT molecular complexity index is 718. The molecule has 2 nitrogen and oxygen atoms in total. The summed E-state index contributed by atoms with van der Waals surface area (Å²) < 4.78 is 2.14. The summed E-state index contributed by atoms with van der Waals surface area (Å²) in [6, 6.07) is 12.3. The molecular formula is C15H12Br2N2S2. The van der Waals surface area contributed by atoms with Crippen LogP contribution in [0.3, 0.4) is 0 Å². The molecule has 6 heteroatoms. The summed E-state index contributed by atoms with van der Waals surface area (Å²) in [4.78, 5) is 5.85. The average molecular weight is 444 g/mol. The van der Waals surface area contributed by atoms with Crippen LogP contribution in [0.5, 0.6) is 0 Å². The zero-order valence-corrected chi connectivity index (χ0v) is 15.7. The van der Waals surface area contributed by atoms with Crippen LogP contribution < -0.4 is 5.73 Å². The standard InChI is InChI=1S/C15H12Br2N2S2/c16-10-6-13(21-15(10)17)11(18)7-14-19-12(8-20-14)9-4-2-1-3-5-9/h1-6,8,11H,7,18H2. The third-order valence-corrected chi connectivity index (χ3v) is 7.30. The second kappa shape index (κ2) is 6.71. The smallest absolute Gasteiger partial charge is 0.0951 e. The van der Waals surface area contributed by atoms with Crippen molar-refractivity contribution in [2.75, 3.05) is 0 Å². The van der Waals surface area contributed by atoms with Crippen molar-refractivity contribution in [3.8, 4) is 11.3 Å². The lowest BCUT2D eigenvalue weighted by Crippen LogP contribution is -2.11. The lowest BCUT2D eigenvalue weighted by molar-refractivity contribution is 0.732. The average Bonchev–Trinajstić information content (AvgIpc) is 3.08. The van der Waals surface area contributed by atoms with Gasteiger partial charge >= 0.3 is 0 Å². The predicted molar refractivity (Wildman–Crippen MR) is 97.9 cm³/mol. The zero-order valence-electron chi connectivity index (χ0n) is 10.9.